The first kappa shape index (κ1) is 19.6. The zero-order chi connectivity index (χ0) is 20.4. The zero-order valence-electron chi connectivity index (χ0n) is 16.9. The summed E-state index contributed by atoms with van der Waals surface area (Å²) in [4.78, 5) is 27.0. The van der Waals surface area contributed by atoms with Crippen LogP contribution in [0.4, 0.5) is 0 Å². The second-order valence-electron chi connectivity index (χ2n) is 8.26. The number of rotatable bonds is 5. The van der Waals surface area contributed by atoms with E-state index >= 15 is 0 Å². The maximum Gasteiger partial charge on any atom is 0.311 e. The van der Waals surface area contributed by atoms with Gasteiger partial charge in [-0.05, 0) is 30.4 Å². The lowest BCUT2D eigenvalue weighted by Gasteiger charge is -2.39. The summed E-state index contributed by atoms with van der Waals surface area (Å²) in [6, 6.07) is 9.65. The van der Waals surface area contributed by atoms with E-state index in [-0.39, 0.29) is 36.8 Å². The number of ether oxygens (including phenoxy) is 1. The Morgan fingerprint density at radius 1 is 1.21 bits per heavy atom. The highest BCUT2D eigenvalue weighted by atomic mass is 16.5. The molecule has 0 N–H and O–H groups in total. The summed E-state index contributed by atoms with van der Waals surface area (Å²) in [5.74, 6) is 0.941. The van der Waals surface area contributed by atoms with Crippen LogP contribution in [0, 0.1) is 17.8 Å². The second kappa shape index (κ2) is 8.35. The van der Waals surface area contributed by atoms with E-state index in [2.05, 4.69) is 24.0 Å². The van der Waals surface area contributed by atoms with Gasteiger partial charge in [0.2, 0.25) is 11.8 Å². The maximum atomic E-state index is 12.6. The Hall–Kier alpha value is -2.70. The second-order valence-corrected chi connectivity index (χ2v) is 8.26. The third-order valence-electron chi connectivity index (χ3n) is 6.38. The molecule has 1 aliphatic heterocycles. The fourth-order valence-electron chi connectivity index (χ4n) is 4.46. The fourth-order valence-corrected chi connectivity index (χ4v) is 4.46. The van der Waals surface area contributed by atoms with Gasteiger partial charge >= 0.3 is 5.97 Å². The fraction of sp³-hybridized carbons (Fsp3) is 0.545. The Balaban J connectivity index is 1.33. The maximum absolute atomic E-state index is 12.6. The summed E-state index contributed by atoms with van der Waals surface area (Å²) < 4.78 is 10.9. The van der Waals surface area contributed by atoms with Crippen molar-refractivity contribution in [1.82, 2.24) is 15.1 Å². The van der Waals surface area contributed by atoms with E-state index in [0.29, 0.717) is 24.3 Å². The van der Waals surface area contributed by atoms with Gasteiger partial charge in [0.05, 0.1) is 5.92 Å². The van der Waals surface area contributed by atoms with Gasteiger partial charge in [0.25, 0.3) is 5.89 Å². The number of amides is 1. The van der Waals surface area contributed by atoms with Crippen LogP contribution >= 0.6 is 0 Å². The smallest absolute Gasteiger partial charge is 0.311 e. The number of esters is 1. The Morgan fingerprint density at radius 2 is 2.00 bits per heavy atom. The van der Waals surface area contributed by atoms with E-state index in [1.807, 2.05) is 35.2 Å². The molecule has 29 heavy (non-hydrogen) atoms. The van der Waals surface area contributed by atoms with Crippen molar-refractivity contribution in [2.45, 2.75) is 52.2 Å². The molecule has 1 saturated heterocycles. The van der Waals surface area contributed by atoms with Gasteiger partial charge in [-0.15, -0.1) is 10.2 Å². The first-order valence-electron chi connectivity index (χ1n) is 10.4. The number of likely N-dealkylation sites (tertiary alicyclic amines) is 1. The van der Waals surface area contributed by atoms with Crippen molar-refractivity contribution in [3.8, 4) is 11.5 Å². The Bertz CT molecular complexity index is 866. The average molecular weight is 397 g/mol. The summed E-state index contributed by atoms with van der Waals surface area (Å²) in [5, 5.41) is 7.93. The van der Waals surface area contributed by atoms with Gasteiger partial charge in [-0.3, -0.25) is 9.59 Å². The summed E-state index contributed by atoms with van der Waals surface area (Å²) >= 11 is 0. The number of carbonyl (C=O) groups excluding carboxylic acids is 2. The number of benzene rings is 1. The molecule has 1 aliphatic carbocycles. The number of hydrogen-bond acceptors (Lipinski definition) is 6. The predicted octanol–water partition coefficient (Wildman–Crippen LogP) is 3.45. The molecule has 1 aromatic heterocycles. The van der Waals surface area contributed by atoms with E-state index in [1.165, 1.54) is 6.42 Å². The summed E-state index contributed by atoms with van der Waals surface area (Å²) in [7, 11) is 0. The van der Waals surface area contributed by atoms with Crippen LogP contribution in [-0.4, -0.2) is 39.6 Å². The molecule has 154 valence electrons. The topological polar surface area (TPSA) is 85.5 Å². The van der Waals surface area contributed by atoms with E-state index in [9.17, 15) is 9.59 Å². The standard InChI is InChI=1S/C22H27N3O4/c1-14-7-6-10-18(15(14)2)25-12-17(11-20(25)26)22(27)28-13-19-23-24-21(29-19)16-8-4-3-5-9-16/h3-5,8-9,14-15,17-18H,6-7,10-13H2,1-2H3/t14-,15+,17+,18-/m0/s1. The van der Waals surface area contributed by atoms with Crippen LogP contribution in [0.3, 0.4) is 0 Å². The molecule has 0 unspecified atom stereocenters. The molecule has 1 aromatic carbocycles. The Morgan fingerprint density at radius 3 is 2.79 bits per heavy atom. The molecule has 2 aromatic rings. The van der Waals surface area contributed by atoms with Crippen molar-refractivity contribution in [3.63, 3.8) is 0 Å². The molecule has 4 atom stereocenters. The zero-order valence-corrected chi connectivity index (χ0v) is 16.9. The van der Waals surface area contributed by atoms with Crippen molar-refractivity contribution in [3.05, 3.63) is 36.2 Å². The number of aromatic nitrogens is 2. The predicted molar refractivity (Wildman–Crippen MR) is 105 cm³/mol. The first-order chi connectivity index (χ1) is 14.0. The summed E-state index contributed by atoms with van der Waals surface area (Å²) in [6.07, 6.45) is 3.58. The molecule has 0 bridgehead atoms. The molecule has 2 aliphatic rings. The van der Waals surface area contributed by atoms with Crippen LogP contribution < -0.4 is 0 Å². The quantitative estimate of drug-likeness (QED) is 0.719. The summed E-state index contributed by atoms with van der Waals surface area (Å²) in [5.41, 5.74) is 0.811. The van der Waals surface area contributed by atoms with Crippen LogP contribution in [0.15, 0.2) is 34.7 Å². The van der Waals surface area contributed by atoms with Gasteiger partial charge in [0.15, 0.2) is 6.61 Å². The van der Waals surface area contributed by atoms with Crippen molar-refractivity contribution >= 4 is 11.9 Å². The Kier molecular flexibility index (Phi) is 5.65. The van der Waals surface area contributed by atoms with Gasteiger partial charge in [0.1, 0.15) is 0 Å². The molecule has 1 amide bonds. The van der Waals surface area contributed by atoms with Crippen LogP contribution in [0.2, 0.25) is 0 Å². The van der Waals surface area contributed by atoms with Crippen LogP contribution in [-0.2, 0) is 20.9 Å². The summed E-state index contributed by atoms with van der Waals surface area (Å²) in [6.45, 7) is 4.82. The first-order valence-corrected chi connectivity index (χ1v) is 10.4. The van der Waals surface area contributed by atoms with E-state index in [4.69, 9.17) is 9.15 Å². The largest absolute Gasteiger partial charge is 0.455 e. The molecule has 0 spiro atoms. The Labute approximate surface area is 170 Å². The van der Waals surface area contributed by atoms with Crippen molar-refractivity contribution in [2.24, 2.45) is 17.8 Å². The van der Waals surface area contributed by atoms with E-state index in [1.54, 1.807) is 0 Å². The molecule has 0 radical (unpaired) electrons. The minimum Gasteiger partial charge on any atom is -0.455 e. The number of nitrogens with zero attached hydrogens (tertiary/aromatic N) is 3. The van der Waals surface area contributed by atoms with Gasteiger partial charge in [-0.2, -0.15) is 0 Å². The van der Waals surface area contributed by atoms with Gasteiger partial charge in [-0.25, -0.2) is 0 Å². The van der Waals surface area contributed by atoms with Crippen LogP contribution in [0.25, 0.3) is 11.5 Å². The van der Waals surface area contributed by atoms with Crippen LogP contribution in [0.5, 0.6) is 0 Å². The third kappa shape index (κ3) is 4.18. The van der Waals surface area contributed by atoms with Crippen molar-refractivity contribution in [1.29, 1.82) is 0 Å². The SMILES string of the molecule is C[C@@H]1[C@@H](C)CCC[C@@H]1N1C[C@H](C(=O)OCc2nnc(-c3ccccc3)o2)CC1=O. The number of hydrogen-bond donors (Lipinski definition) is 0. The lowest BCUT2D eigenvalue weighted by Crippen LogP contribution is -2.45. The molecule has 2 fully saturated rings. The van der Waals surface area contributed by atoms with Gasteiger partial charge in [-0.1, -0.05) is 44.9 Å². The van der Waals surface area contributed by atoms with E-state index < -0.39 is 5.92 Å². The van der Waals surface area contributed by atoms with E-state index in [0.717, 1.165) is 18.4 Å². The number of carbonyl (C=O) groups is 2. The molecule has 2 heterocycles. The highest BCUT2D eigenvalue weighted by molar-refractivity contribution is 5.87. The van der Waals surface area contributed by atoms with Crippen molar-refractivity contribution in [2.75, 3.05) is 6.54 Å². The molecule has 7 nitrogen and oxygen atoms in total. The van der Waals surface area contributed by atoms with Crippen LogP contribution in [0.1, 0.15) is 45.4 Å². The molecule has 4 rings (SSSR count). The van der Waals surface area contributed by atoms with Crippen molar-refractivity contribution < 1.29 is 18.7 Å². The normalized spacial score (nSPS) is 27.2. The molecular formula is C22H27N3O4. The minimum atomic E-state index is -0.427. The minimum absolute atomic E-state index is 0.0575. The highest BCUT2D eigenvalue weighted by Gasteiger charge is 2.42. The lowest BCUT2D eigenvalue weighted by molar-refractivity contribution is -0.150. The average Bonchev–Trinajstić information content (AvgIpc) is 3.36. The molecule has 1 saturated carbocycles. The molecule has 7 heteroatoms. The lowest BCUT2D eigenvalue weighted by atomic mass is 9.77. The highest BCUT2D eigenvalue weighted by Crippen LogP contribution is 2.36. The van der Waals surface area contributed by atoms with Gasteiger partial charge in [0, 0.05) is 24.6 Å². The monoisotopic (exact) mass is 397 g/mol. The molecular weight excluding hydrogens is 370 g/mol. The van der Waals surface area contributed by atoms with Gasteiger partial charge < -0.3 is 14.1 Å². The third-order valence-corrected chi connectivity index (χ3v) is 6.38.